The Balaban J connectivity index is 1.72. The number of piperidine rings is 1. The number of hydrogen-bond acceptors (Lipinski definition) is 4. The Morgan fingerprint density at radius 1 is 1.04 bits per heavy atom. The highest BCUT2D eigenvalue weighted by molar-refractivity contribution is 7.89. The maximum Gasteiger partial charge on any atom is 0.343 e. The van der Waals surface area contributed by atoms with E-state index in [1.807, 2.05) is 0 Å². The lowest BCUT2D eigenvalue weighted by Gasteiger charge is -2.29. The third-order valence-electron chi connectivity index (χ3n) is 4.57. The van der Waals surface area contributed by atoms with Crippen LogP contribution in [0.1, 0.15) is 30.1 Å². The minimum absolute atomic E-state index is 0.0985. The molecule has 27 heavy (non-hydrogen) atoms. The van der Waals surface area contributed by atoms with Gasteiger partial charge in [0.25, 0.3) is 0 Å². The van der Waals surface area contributed by atoms with Crippen molar-refractivity contribution >= 4 is 16.0 Å². The first-order valence-corrected chi connectivity index (χ1v) is 9.99. The Kier molecular flexibility index (Phi) is 5.57. The number of esters is 1. The zero-order valence-corrected chi connectivity index (χ0v) is 15.5. The van der Waals surface area contributed by atoms with Gasteiger partial charge in [0.1, 0.15) is 5.75 Å². The molecule has 144 valence electrons. The largest absolute Gasteiger partial charge is 0.423 e. The summed E-state index contributed by atoms with van der Waals surface area (Å²) in [6, 6.07) is 8.11. The zero-order chi connectivity index (χ0) is 19.6. The first kappa shape index (κ1) is 19.4. The predicted molar refractivity (Wildman–Crippen MR) is 94.9 cm³/mol. The molecule has 0 bridgehead atoms. The molecule has 1 heterocycles. The quantitative estimate of drug-likeness (QED) is 0.586. The first-order chi connectivity index (χ1) is 12.8. The normalized spacial score (nSPS) is 16.3. The van der Waals surface area contributed by atoms with E-state index in [-0.39, 0.29) is 16.2 Å². The maximum absolute atomic E-state index is 13.2. The van der Waals surface area contributed by atoms with Gasteiger partial charge in [-0.3, -0.25) is 0 Å². The molecule has 0 aliphatic carbocycles. The number of sulfonamides is 1. The highest BCUT2D eigenvalue weighted by Gasteiger charge is 2.28. The summed E-state index contributed by atoms with van der Waals surface area (Å²) in [4.78, 5) is 12.2. The Morgan fingerprint density at radius 2 is 1.67 bits per heavy atom. The third kappa shape index (κ3) is 4.33. The van der Waals surface area contributed by atoms with Crippen LogP contribution in [0.5, 0.6) is 5.75 Å². The lowest BCUT2D eigenvalue weighted by molar-refractivity contribution is 0.0734. The zero-order valence-electron chi connectivity index (χ0n) is 14.7. The summed E-state index contributed by atoms with van der Waals surface area (Å²) in [7, 11) is -3.61. The van der Waals surface area contributed by atoms with Gasteiger partial charge in [-0.2, -0.15) is 4.31 Å². The van der Waals surface area contributed by atoms with Crippen molar-refractivity contribution in [2.24, 2.45) is 5.92 Å². The molecule has 0 saturated carbocycles. The van der Waals surface area contributed by atoms with Gasteiger partial charge < -0.3 is 4.74 Å². The number of rotatable bonds is 4. The molecule has 3 rings (SSSR count). The molecule has 0 atom stereocenters. The van der Waals surface area contributed by atoms with Gasteiger partial charge in [0, 0.05) is 19.2 Å². The van der Waals surface area contributed by atoms with Crippen LogP contribution in [0.3, 0.4) is 0 Å². The van der Waals surface area contributed by atoms with Gasteiger partial charge in [0.15, 0.2) is 11.6 Å². The van der Waals surface area contributed by atoms with E-state index in [0.29, 0.717) is 19.0 Å². The predicted octanol–water partition coefficient (Wildman–Crippen LogP) is 3.60. The molecule has 0 radical (unpaired) electrons. The fraction of sp³-hybridized carbons (Fsp3) is 0.316. The van der Waals surface area contributed by atoms with E-state index in [1.54, 1.807) is 0 Å². The Labute approximate surface area is 156 Å². The number of ether oxygens (including phenoxy) is 1. The molecule has 0 unspecified atom stereocenters. The van der Waals surface area contributed by atoms with Crippen LogP contribution in [-0.4, -0.2) is 31.8 Å². The summed E-state index contributed by atoms with van der Waals surface area (Å²) < 4.78 is 57.9. The van der Waals surface area contributed by atoms with Gasteiger partial charge in [-0.25, -0.2) is 22.0 Å². The summed E-state index contributed by atoms with van der Waals surface area (Å²) in [6.07, 6.45) is 1.63. The number of benzene rings is 2. The van der Waals surface area contributed by atoms with Gasteiger partial charge in [0.2, 0.25) is 10.0 Å². The first-order valence-electron chi connectivity index (χ1n) is 8.55. The van der Waals surface area contributed by atoms with Crippen LogP contribution in [0.25, 0.3) is 0 Å². The van der Waals surface area contributed by atoms with Crippen molar-refractivity contribution in [2.45, 2.75) is 24.7 Å². The van der Waals surface area contributed by atoms with Gasteiger partial charge in [0.05, 0.1) is 10.5 Å². The summed E-state index contributed by atoms with van der Waals surface area (Å²) in [5.74, 6) is -2.60. The standard InChI is InChI=1S/C19H19F2NO4S/c1-13-8-10-22(11-9-13)27(24,25)16-5-2-14(3-6-16)19(23)26-15-4-7-17(20)18(21)12-15/h2-7,12-13H,8-11H2,1H3. The molecule has 1 saturated heterocycles. The van der Waals surface area contributed by atoms with Crippen LogP contribution in [0.4, 0.5) is 8.78 Å². The molecule has 1 fully saturated rings. The molecule has 2 aromatic rings. The van der Waals surface area contributed by atoms with Crippen LogP contribution in [0.15, 0.2) is 47.4 Å². The molecule has 0 spiro atoms. The Hall–Kier alpha value is -2.32. The van der Waals surface area contributed by atoms with E-state index in [2.05, 4.69) is 6.92 Å². The minimum atomic E-state index is -3.61. The second kappa shape index (κ2) is 7.74. The Bertz CT molecular complexity index is 937. The van der Waals surface area contributed by atoms with Crippen LogP contribution in [-0.2, 0) is 10.0 Å². The number of carbonyl (C=O) groups is 1. The van der Waals surface area contributed by atoms with Crippen LogP contribution in [0, 0.1) is 17.6 Å². The van der Waals surface area contributed by atoms with Crippen molar-refractivity contribution in [1.82, 2.24) is 4.31 Å². The van der Waals surface area contributed by atoms with Gasteiger partial charge in [-0.15, -0.1) is 0 Å². The summed E-state index contributed by atoms with van der Waals surface area (Å²) in [5, 5.41) is 0. The summed E-state index contributed by atoms with van der Waals surface area (Å²) in [6.45, 7) is 3.05. The minimum Gasteiger partial charge on any atom is -0.423 e. The van der Waals surface area contributed by atoms with Crippen molar-refractivity contribution in [3.8, 4) is 5.75 Å². The SMILES string of the molecule is CC1CCN(S(=O)(=O)c2ccc(C(=O)Oc3ccc(F)c(F)c3)cc2)CC1. The molecular weight excluding hydrogens is 376 g/mol. The molecule has 1 aliphatic heterocycles. The van der Waals surface area contributed by atoms with Crippen LogP contribution in [0.2, 0.25) is 0 Å². The lowest BCUT2D eigenvalue weighted by Crippen LogP contribution is -2.37. The van der Waals surface area contributed by atoms with Gasteiger partial charge in [-0.1, -0.05) is 6.92 Å². The topological polar surface area (TPSA) is 63.7 Å². The molecule has 5 nitrogen and oxygen atoms in total. The van der Waals surface area contributed by atoms with Crippen LogP contribution >= 0.6 is 0 Å². The van der Waals surface area contributed by atoms with Crippen molar-refractivity contribution in [3.05, 3.63) is 59.7 Å². The van der Waals surface area contributed by atoms with E-state index in [9.17, 15) is 22.0 Å². The molecule has 2 aromatic carbocycles. The number of halogens is 2. The highest BCUT2D eigenvalue weighted by Crippen LogP contribution is 2.24. The fourth-order valence-electron chi connectivity index (χ4n) is 2.84. The van der Waals surface area contributed by atoms with E-state index in [4.69, 9.17) is 4.74 Å². The molecule has 1 aliphatic rings. The molecule has 0 aromatic heterocycles. The van der Waals surface area contributed by atoms with Crippen molar-refractivity contribution < 1.29 is 26.7 Å². The number of carbonyl (C=O) groups excluding carboxylic acids is 1. The molecule has 0 N–H and O–H groups in total. The van der Waals surface area contributed by atoms with E-state index in [1.165, 1.54) is 28.6 Å². The molecule has 8 heteroatoms. The second-order valence-corrected chi connectivity index (χ2v) is 8.51. The van der Waals surface area contributed by atoms with Gasteiger partial charge in [-0.05, 0) is 55.2 Å². The van der Waals surface area contributed by atoms with Crippen molar-refractivity contribution in [3.63, 3.8) is 0 Å². The number of hydrogen-bond donors (Lipinski definition) is 0. The van der Waals surface area contributed by atoms with E-state index < -0.39 is 27.6 Å². The van der Waals surface area contributed by atoms with Gasteiger partial charge >= 0.3 is 5.97 Å². The summed E-state index contributed by atoms with van der Waals surface area (Å²) >= 11 is 0. The monoisotopic (exact) mass is 395 g/mol. The van der Waals surface area contributed by atoms with E-state index >= 15 is 0 Å². The van der Waals surface area contributed by atoms with Crippen molar-refractivity contribution in [1.29, 1.82) is 0 Å². The Morgan fingerprint density at radius 3 is 2.26 bits per heavy atom. The molecule has 0 amide bonds. The average Bonchev–Trinajstić information content (AvgIpc) is 2.65. The summed E-state index contributed by atoms with van der Waals surface area (Å²) in [5.41, 5.74) is 0.103. The highest BCUT2D eigenvalue weighted by atomic mass is 32.2. The van der Waals surface area contributed by atoms with Crippen molar-refractivity contribution in [2.75, 3.05) is 13.1 Å². The third-order valence-corrected chi connectivity index (χ3v) is 6.48. The smallest absolute Gasteiger partial charge is 0.343 e. The molecular formula is C19H19F2NO4S. The van der Waals surface area contributed by atoms with Crippen LogP contribution < -0.4 is 4.74 Å². The van der Waals surface area contributed by atoms with E-state index in [0.717, 1.165) is 31.0 Å². The number of nitrogens with zero attached hydrogens (tertiary/aromatic N) is 1. The maximum atomic E-state index is 13.2. The fourth-order valence-corrected chi connectivity index (χ4v) is 4.31. The second-order valence-electron chi connectivity index (χ2n) is 6.58. The lowest BCUT2D eigenvalue weighted by atomic mass is 10.0. The average molecular weight is 395 g/mol.